The average molecular weight is 388 g/mol. The van der Waals surface area contributed by atoms with E-state index in [2.05, 4.69) is 0 Å². The summed E-state index contributed by atoms with van der Waals surface area (Å²) >= 11 is 0. The van der Waals surface area contributed by atoms with Gasteiger partial charge in [-0.15, -0.1) is 0 Å². The zero-order chi connectivity index (χ0) is 20.7. The van der Waals surface area contributed by atoms with Crippen LogP contribution in [0.3, 0.4) is 0 Å². The number of likely N-dealkylation sites (N-methyl/N-ethyl adjacent to an activating group) is 1. The minimum atomic E-state index is -0.561. The van der Waals surface area contributed by atoms with Crippen molar-refractivity contribution in [3.8, 4) is 0 Å². The Bertz CT molecular complexity index is 835. The summed E-state index contributed by atoms with van der Waals surface area (Å²) in [7, 11) is 0. The summed E-state index contributed by atoms with van der Waals surface area (Å²) < 4.78 is 27.8. The normalized spacial score (nSPS) is 10.6. The lowest BCUT2D eigenvalue weighted by molar-refractivity contribution is 0.0760. The van der Waals surface area contributed by atoms with Gasteiger partial charge < -0.3 is 9.80 Å². The molecule has 2 aromatic rings. The Morgan fingerprint density at radius 3 is 2.11 bits per heavy atom. The smallest absolute Gasteiger partial charge is 0.256 e. The summed E-state index contributed by atoms with van der Waals surface area (Å²) in [6.07, 6.45) is 0.436. The van der Waals surface area contributed by atoms with Crippen molar-refractivity contribution in [2.75, 3.05) is 26.2 Å². The highest BCUT2D eigenvalue weighted by Crippen LogP contribution is 2.15. The lowest BCUT2D eigenvalue weighted by atomic mass is 10.1. The van der Waals surface area contributed by atoms with Crippen LogP contribution < -0.4 is 0 Å². The van der Waals surface area contributed by atoms with Crippen LogP contribution in [-0.4, -0.2) is 47.8 Å². The second kappa shape index (κ2) is 9.97. The second-order valence-corrected chi connectivity index (χ2v) is 6.44. The Kier molecular flexibility index (Phi) is 7.67. The number of halogens is 2. The molecule has 4 nitrogen and oxygen atoms in total. The number of nitrogens with zero attached hydrogens (tertiary/aromatic N) is 2. The van der Waals surface area contributed by atoms with Crippen LogP contribution >= 0.6 is 0 Å². The number of rotatable bonds is 8. The summed E-state index contributed by atoms with van der Waals surface area (Å²) in [6.45, 7) is 7.40. The highest BCUT2D eigenvalue weighted by molar-refractivity contribution is 5.95. The number of amides is 2. The summed E-state index contributed by atoms with van der Waals surface area (Å²) in [5.74, 6) is -1.62. The van der Waals surface area contributed by atoms with Crippen molar-refractivity contribution in [3.63, 3.8) is 0 Å². The van der Waals surface area contributed by atoms with Crippen LogP contribution in [0.5, 0.6) is 0 Å². The minimum Gasteiger partial charge on any atom is -0.339 e. The maximum atomic E-state index is 14.4. The molecular formula is C22H26F2N2O2. The molecule has 0 fully saturated rings. The maximum Gasteiger partial charge on any atom is 0.256 e. The Morgan fingerprint density at radius 2 is 1.54 bits per heavy atom. The van der Waals surface area contributed by atoms with Gasteiger partial charge >= 0.3 is 0 Å². The molecular weight excluding hydrogens is 362 g/mol. The Hall–Kier alpha value is -2.76. The van der Waals surface area contributed by atoms with Crippen LogP contribution in [0.2, 0.25) is 0 Å². The van der Waals surface area contributed by atoms with Crippen molar-refractivity contribution in [2.24, 2.45) is 0 Å². The van der Waals surface area contributed by atoms with Gasteiger partial charge in [0.2, 0.25) is 0 Å². The zero-order valence-electron chi connectivity index (χ0n) is 16.5. The van der Waals surface area contributed by atoms with E-state index in [4.69, 9.17) is 0 Å². The Morgan fingerprint density at radius 1 is 0.857 bits per heavy atom. The monoisotopic (exact) mass is 388 g/mol. The largest absolute Gasteiger partial charge is 0.339 e. The van der Waals surface area contributed by atoms with Gasteiger partial charge in [-0.2, -0.15) is 0 Å². The molecule has 28 heavy (non-hydrogen) atoms. The first kappa shape index (κ1) is 21.5. The van der Waals surface area contributed by atoms with Crippen molar-refractivity contribution >= 4 is 11.8 Å². The molecule has 2 amide bonds. The van der Waals surface area contributed by atoms with Gasteiger partial charge in [-0.3, -0.25) is 9.59 Å². The molecule has 150 valence electrons. The van der Waals surface area contributed by atoms with E-state index in [0.717, 1.165) is 0 Å². The van der Waals surface area contributed by atoms with Gasteiger partial charge in [-0.1, -0.05) is 12.1 Å². The van der Waals surface area contributed by atoms with Crippen molar-refractivity contribution in [2.45, 2.75) is 27.2 Å². The quantitative estimate of drug-likeness (QED) is 0.682. The van der Waals surface area contributed by atoms with Gasteiger partial charge in [0.15, 0.2) is 0 Å². The molecule has 0 heterocycles. The fourth-order valence-electron chi connectivity index (χ4n) is 3.04. The first-order chi connectivity index (χ1) is 13.4. The Balaban J connectivity index is 2.07. The molecule has 0 aliphatic heterocycles. The van der Waals surface area contributed by atoms with E-state index >= 15 is 0 Å². The van der Waals surface area contributed by atoms with Crippen LogP contribution in [0, 0.1) is 11.6 Å². The molecule has 0 radical (unpaired) electrons. The SMILES string of the molecule is CCN(CCc1ccc(C(=O)N(CC)CC)c(F)c1)C(=O)c1cccc(F)c1. The van der Waals surface area contributed by atoms with Gasteiger partial charge in [0.25, 0.3) is 11.8 Å². The average Bonchev–Trinajstić information content (AvgIpc) is 2.69. The predicted molar refractivity (Wildman–Crippen MR) is 105 cm³/mol. The van der Waals surface area contributed by atoms with Gasteiger partial charge in [0.1, 0.15) is 11.6 Å². The molecule has 0 spiro atoms. The van der Waals surface area contributed by atoms with Gasteiger partial charge in [0.05, 0.1) is 5.56 Å². The van der Waals surface area contributed by atoms with E-state index in [-0.39, 0.29) is 22.9 Å². The van der Waals surface area contributed by atoms with Crippen molar-refractivity contribution in [1.82, 2.24) is 9.80 Å². The maximum absolute atomic E-state index is 14.4. The fraction of sp³-hybridized carbons (Fsp3) is 0.364. The number of carbonyl (C=O) groups is 2. The summed E-state index contributed by atoms with van der Waals surface area (Å²) in [6, 6.07) is 10.1. The highest BCUT2D eigenvalue weighted by atomic mass is 19.1. The molecule has 0 saturated heterocycles. The van der Waals surface area contributed by atoms with Crippen LogP contribution in [0.4, 0.5) is 8.78 Å². The summed E-state index contributed by atoms with van der Waals surface area (Å²) in [5, 5.41) is 0. The second-order valence-electron chi connectivity index (χ2n) is 6.44. The third-order valence-electron chi connectivity index (χ3n) is 4.73. The van der Waals surface area contributed by atoms with E-state index < -0.39 is 11.6 Å². The van der Waals surface area contributed by atoms with E-state index in [1.165, 1.54) is 30.3 Å². The van der Waals surface area contributed by atoms with Crippen LogP contribution in [0.25, 0.3) is 0 Å². The zero-order valence-corrected chi connectivity index (χ0v) is 16.5. The third kappa shape index (κ3) is 5.15. The lowest BCUT2D eigenvalue weighted by Crippen LogP contribution is -2.33. The van der Waals surface area contributed by atoms with Crippen molar-refractivity contribution in [3.05, 3.63) is 70.8 Å². The standard InChI is InChI=1S/C22H26F2N2O2/c1-4-25(5-2)22(28)19-11-10-16(14-20(19)24)12-13-26(6-3)21(27)17-8-7-9-18(23)15-17/h7-11,14-15H,4-6,12-13H2,1-3H3. The van der Waals surface area contributed by atoms with Crippen LogP contribution in [0.1, 0.15) is 47.1 Å². The molecule has 2 rings (SSSR count). The first-order valence-corrected chi connectivity index (χ1v) is 9.53. The number of hydrogen-bond acceptors (Lipinski definition) is 2. The van der Waals surface area contributed by atoms with Gasteiger partial charge in [-0.05, 0) is 63.1 Å². The molecule has 0 aromatic heterocycles. The number of benzene rings is 2. The van der Waals surface area contributed by atoms with E-state index in [0.29, 0.717) is 38.2 Å². The predicted octanol–water partition coefficient (Wildman–Crippen LogP) is 4.15. The van der Waals surface area contributed by atoms with Gasteiger partial charge in [0, 0.05) is 31.7 Å². The molecule has 6 heteroatoms. The number of carbonyl (C=O) groups excluding carboxylic acids is 2. The van der Waals surface area contributed by atoms with Crippen molar-refractivity contribution < 1.29 is 18.4 Å². The van der Waals surface area contributed by atoms with E-state index in [1.54, 1.807) is 21.9 Å². The topological polar surface area (TPSA) is 40.6 Å². The van der Waals surface area contributed by atoms with Crippen LogP contribution in [-0.2, 0) is 6.42 Å². The van der Waals surface area contributed by atoms with E-state index in [9.17, 15) is 18.4 Å². The molecule has 0 bridgehead atoms. The molecule has 2 aromatic carbocycles. The fourth-order valence-corrected chi connectivity index (χ4v) is 3.04. The van der Waals surface area contributed by atoms with E-state index in [1.807, 2.05) is 20.8 Å². The highest BCUT2D eigenvalue weighted by Gasteiger charge is 2.18. The molecule has 0 aliphatic carbocycles. The molecule has 0 atom stereocenters. The first-order valence-electron chi connectivity index (χ1n) is 9.53. The molecule has 0 N–H and O–H groups in total. The summed E-state index contributed by atoms with van der Waals surface area (Å²) in [5.41, 5.74) is 1.03. The van der Waals surface area contributed by atoms with Crippen LogP contribution in [0.15, 0.2) is 42.5 Å². The van der Waals surface area contributed by atoms with Gasteiger partial charge in [-0.25, -0.2) is 8.78 Å². The molecule has 0 saturated carbocycles. The summed E-state index contributed by atoms with van der Waals surface area (Å²) in [4.78, 5) is 28.0. The van der Waals surface area contributed by atoms with Crippen molar-refractivity contribution in [1.29, 1.82) is 0 Å². The lowest BCUT2D eigenvalue weighted by Gasteiger charge is -2.21. The minimum absolute atomic E-state index is 0.0515. The third-order valence-corrected chi connectivity index (χ3v) is 4.73. The number of hydrogen-bond donors (Lipinski definition) is 0. The Labute approximate surface area is 164 Å². The molecule has 0 unspecified atom stereocenters. The molecule has 0 aliphatic rings.